The summed E-state index contributed by atoms with van der Waals surface area (Å²) in [4.78, 5) is 8.65. The average Bonchev–Trinajstić information content (AvgIpc) is 2.46. The van der Waals surface area contributed by atoms with E-state index in [4.69, 9.17) is 0 Å². The zero-order chi connectivity index (χ0) is 13.7. The number of allylic oxidation sites excluding steroid dienone is 5. The van der Waals surface area contributed by atoms with Gasteiger partial charge in [-0.15, -0.1) is 0 Å². The van der Waals surface area contributed by atoms with E-state index in [1.165, 1.54) is 5.57 Å². The molecule has 3 nitrogen and oxygen atoms in total. The SMILES string of the molecule is C=C/C=C\C=C(/C)c1ccc2cnc(NC)nc2c1. The van der Waals surface area contributed by atoms with Gasteiger partial charge in [-0.2, -0.15) is 0 Å². The molecular formula is C16H17N3. The van der Waals surface area contributed by atoms with Gasteiger partial charge >= 0.3 is 0 Å². The monoisotopic (exact) mass is 251 g/mol. The molecule has 1 heterocycles. The van der Waals surface area contributed by atoms with Crippen molar-refractivity contribution in [1.29, 1.82) is 0 Å². The number of fused-ring (bicyclic) bond motifs is 1. The largest absolute Gasteiger partial charge is 0.357 e. The molecular weight excluding hydrogens is 234 g/mol. The van der Waals surface area contributed by atoms with Gasteiger partial charge in [-0.1, -0.05) is 43.0 Å². The highest BCUT2D eigenvalue weighted by Gasteiger charge is 2.01. The summed E-state index contributed by atoms with van der Waals surface area (Å²) in [6.07, 6.45) is 9.53. The van der Waals surface area contributed by atoms with E-state index < -0.39 is 0 Å². The van der Waals surface area contributed by atoms with Crippen LogP contribution in [0.4, 0.5) is 5.95 Å². The summed E-state index contributed by atoms with van der Waals surface area (Å²) in [5.74, 6) is 0.637. The first-order valence-corrected chi connectivity index (χ1v) is 6.15. The van der Waals surface area contributed by atoms with Crippen LogP contribution in [0.1, 0.15) is 12.5 Å². The number of hydrogen-bond acceptors (Lipinski definition) is 3. The third-order valence-corrected chi connectivity index (χ3v) is 2.86. The quantitative estimate of drug-likeness (QED) is 0.839. The van der Waals surface area contributed by atoms with Crippen molar-refractivity contribution in [2.24, 2.45) is 0 Å². The summed E-state index contributed by atoms with van der Waals surface area (Å²) in [5, 5.41) is 3.99. The summed E-state index contributed by atoms with van der Waals surface area (Å²) in [5.41, 5.74) is 3.28. The van der Waals surface area contributed by atoms with E-state index in [9.17, 15) is 0 Å². The lowest BCUT2D eigenvalue weighted by atomic mass is 10.1. The second-order valence-electron chi connectivity index (χ2n) is 4.19. The van der Waals surface area contributed by atoms with Crippen molar-refractivity contribution in [1.82, 2.24) is 9.97 Å². The number of rotatable bonds is 4. The van der Waals surface area contributed by atoms with Gasteiger partial charge < -0.3 is 5.32 Å². The van der Waals surface area contributed by atoms with Crippen LogP contribution in [0.3, 0.4) is 0 Å². The molecule has 0 unspecified atom stereocenters. The summed E-state index contributed by atoms with van der Waals surface area (Å²) in [6.45, 7) is 5.73. The van der Waals surface area contributed by atoms with Crippen LogP contribution >= 0.6 is 0 Å². The first-order valence-electron chi connectivity index (χ1n) is 6.15. The summed E-state index contributed by atoms with van der Waals surface area (Å²) in [6, 6.07) is 6.20. The van der Waals surface area contributed by atoms with Crippen LogP contribution < -0.4 is 5.32 Å². The Hall–Kier alpha value is -2.42. The van der Waals surface area contributed by atoms with Crippen molar-refractivity contribution in [2.45, 2.75) is 6.92 Å². The molecule has 2 aromatic rings. The molecule has 0 bridgehead atoms. The molecule has 19 heavy (non-hydrogen) atoms. The molecule has 2 rings (SSSR count). The third kappa shape index (κ3) is 3.07. The number of anilines is 1. The van der Waals surface area contributed by atoms with Gasteiger partial charge in [-0.05, 0) is 24.1 Å². The van der Waals surface area contributed by atoms with Gasteiger partial charge in [-0.25, -0.2) is 9.97 Å². The molecule has 1 N–H and O–H groups in total. The normalized spacial score (nSPS) is 12.0. The second kappa shape index (κ2) is 5.96. The molecule has 96 valence electrons. The highest BCUT2D eigenvalue weighted by molar-refractivity contribution is 5.83. The van der Waals surface area contributed by atoms with E-state index in [1.54, 1.807) is 6.08 Å². The molecule has 1 aromatic heterocycles. The Bertz CT molecular complexity index is 654. The zero-order valence-corrected chi connectivity index (χ0v) is 11.2. The Morgan fingerprint density at radius 3 is 2.89 bits per heavy atom. The summed E-state index contributed by atoms with van der Waals surface area (Å²) < 4.78 is 0. The topological polar surface area (TPSA) is 37.8 Å². The van der Waals surface area contributed by atoms with E-state index in [1.807, 2.05) is 31.5 Å². The van der Waals surface area contributed by atoms with Crippen LogP contribution in [0.2, 0.25) is 0 Å². The maximum Gasteiger partial charge on any atom is 0.222 e. The average molecular weight is 251 g/mol. The molecule has 0 radical (unpaired) electrons. The maximum absolute atomic E-state index is 4.45. The minimum Gasteiger partial charge on any atom is -0.357 e. The van der Waals surface area contributed by atoms with Gasteiger partial charge in [0.25, 0.3) is 0 Å². The van der Waals surface area contributed by atoms with Crippen LogP contribution in [0.25, 0.3) is 16.5 Å². The van der Waals surface area contributed by atoms with Crippen LogP contribution in [0.15, 0.2) is 55.3 Å². The second-order valence-corrected chi connectivity index (χ2v) is 4.19. The maximum atomic E-state index is 4.45. The Morgan fingerprint density at radius 1 is 1.32 bits per heavy atom. The number of nitrogens with one attached hydrogen (secondary N) is 1. The van der Waals surface area contributed by atoms with E-state index >= 15 is 0 Å². The van der Waals surface area contributed by atoms with Crippen LogP contribution in [-0.2, 0) is 0 Å². The lowest BCUT2D eigenvalue weighted by Crippen LogP contribution is -1.95. The van der Waals surface area contributed by atoms with Crippen molar-refractivity contribution in [3.63, 3.8) is 0 Å². The molecule has 0 aliphatic rings. The van der Waals surface area contributed by atoms with Crippen LogP contribution in [-0.4, -0.2) is 17.0 Å². The molecule has 0 atom stereocenters. The smallest absolute Gasteiger partial charge is 0.222 e. The number of benzene rings is 1. The summed E-state index contributed by atoms with van der Waals surface area (Å²) >= 11 is 0. The van der Waals surface area contributed by atoms with Crippen molar-refractivity contribution in [3.05, 3.63) is 60.8 Å². The third-order valence-electron chi connectivity index (χ3n) is 2.86. The number of nitrogens with zero attached hydrogens (tertiary/aromatic N) is 2. The molecule has 0 amide bonds. The Labute approximate surface area is 113 Å². The minimum absolute atomic E-state index is 0.637. The minimum atomic E-state index is 0.637. The van der Waals surface area contributed by atoms with Gasteiger partial charge in [-0.3, -0.25) is 0 Å². The highest BCUT2D eigenvalue weighted by Crippen LogP contribution is 2.20. The lowest BCUT2D eigenvalue weighted by Gasteiger charge is -2.04. The zero-order valence-electron chi connectivity index (χ0n) is 11.2. The molecule has 0 saturated heterocycles. The lowest BCUT2D eigenvalue weighted by molar-refractivity contribution is 1.19. The predicted molar refractivity (Wildman–Crippen MR) is 82.1 cm³/mol. The molecule has 0 aliphatic carbocycles. The number of aromatic nitrogens is 2. The van der Waals surface area contributed by atoms with Crippen molar-refractivity contribution in [2.75, 3.05) is 12.4 Å². The fourth-order valence-corrected chi connectivity index (χ4v) is 1.76. The molecule has 0 spiro atoms. The molecule has 0 aliphatic heterocycles. The van der Waals surface area contributed by atoms with Gasteiger partial charge in [0, 0.05) is 18.6 Å². The van der Waals surface area contributed by atoms with E-state index in [-0.39, 0.29) is 0 Å². The van der Waals surface area contributed by atoms with Crippen LogP contribution in [0, 0.1) is 0 Å². The Morgan fingerprint density at radius 2 is 2.16 bits per heavy atom. The first kappa shape index (κ1) is 13.0. The highest BCUT2D eigenvalue weighted by atomic mass is 15.1. The van der Waals surface area contributed by atoms with Gasteiger partial charge in [0.1, 0.15) is 0 Å². The van der Waals surface area contributed by atoms with Gasteiger partial charge in [0.15, 0.2) is 0 Å². The van der Waals surface area contributed by atoms with E-state index in [2.05, 4.69) is 47.0 Å². The van der Waals surface area contributed by atoms with Crippen molar-refractivity contribution in [3.8, 4) is 0 Å². The summed E-state index contributed by atoms with van der Waals surface area (Å²) in [7, 11) is 1.82. The van der Waals surface area contributed by atoms with E-state index in [0.29, 0.717) is 5.95 Å². The molecule has 3 heteroatoms. The fourth-order valence-electron chi connectivity index (χ4n) is 1.76. The molecule has 1 aromatic carbocycles. The predicted octanol–water partition coefficient (Wildman–Crippen LogP) is 3.82. The molecule has 0 saturated carbocycles. The van der Waals surface area contributed by atoms with Crippen molar-refractivity contribution < 1.29 is 0 Å². The molecule has 0 fully saturated rings. The Balaban J connectivity index is 2.42. The van der Waals surface area contributed by atoms with Crippen LogP contribution in [0.5, 0.6) is 0 Å². The fraction of sp³-hybridized carbons (Fsp3) is 0.125. The van der Waals surface area contributed by atoms with Gasteiger partial charge in [0.2, 0.25) is 5.95 Å². The first-order chi connectivity index (χ1) is 9.24. The number of hydrogen-bond donors (Lipinski definition) is 1. The van der Waals surface area contributed by atoms with Gasteiger partial charge in [0.05, 0.1) is 5.52 Å². The standard InChI is InChI=1S/C16H17N3/c1-4-5-6-7-12(2)13-8-9-14-11-18-16(17-3)19-15(14)10-13/h4-11H,1H2,2-3H3,(H,17,18,19)/b6-5-,12-7+. The Kier molecular flexibility index (Phi) is 4.08. The van der Waals surface area contributed by atoms with E-state index in [0.717, 1.165) is 16.5 Å². The van der Waals surface area contributed by atoms with Crippen molar-refractivity contribution >= 4 is 22.4 Å².